The monoisotopic (exact) mass is 483 g/mol. The van der Waals surface area contributed by atoms with E-state index in [0.717, 1.165) is 30.8 Å². The largest absolute Gasteiger partial charge is 0.378 e. The molecule has 0 radical (unpaired) electrons. The van der Waals surface area contributed by atoms with E-state index >= 15 is 0 Å². The van der Waals surface area contributed by atoms with Crippen molar-refractivity contribution in [3.63, 3.8) is 0 Å². The van der Waals surface area contributed by atoms with Crippen LogP contribution in [0.25, 0.3) is 11.3 Å². The first-order valence-corrected chi connectivity index (χ1v) is 12.5. The molecule has 3 aromatic rings. The Morgan fingerprint density at radius 3 is 2.69 bits per heavy atom. The molecule has 0 saturated carbocycles. The zero-order valence-electron chi connectivity index (χ0n) is 21.1. The quantitative estimate of drug-likeness (QED) is 0.553. The zero-order valence-corrected chi connectivity index (χ0v) is 21.1. The molecule has 36 heavy (non-hydrogen) atoms. The Balaban J connectivity index is 1.20. The van der Waals surface area contributed by atoms with Gasteiger partial charge in [-0.05, 0) is 61.7 Å². The smallest absolute Gasteiger partial charge is 0.319 e. The highest BCUT2D eigenvalue weighted by molar-refractivity contribution is 5.89. The SMILES string of the molecule is CN(C)c1ccc(-c2cc(C3CN4CCC3CC4CNC(=O)Nc3cccc(C#N)c3)n(C)n2)cc1. The molecule has 4 heterocycles. The number of aryl methyl sites for hydroxylation is 1. The minimum absolute atomic E-state index is 0.235. The van der Waals surface area contributed by atoms with Gasteiger partial charge in [-0.2, -0.15) is 10.4 Å². The fourth-order valence-electron chi connectivity index (χ4n) is 5.64. The molecule has 0 spiro atoms. The van der Waals surface area contributed by atoms with Gasteiger partial charge in [-0.1, -0.05) is 18.2 Å². The van der Waals surface area contributed by atoms with Crippen molar-refractivity contribution in [1.82, 2.24) is 20.0 Å². The molecule has 3 fully saturated rings. The third-order valence-corrected chi connectivity index (χ3v) is 7.60. The fourth-order valence-corrected chi connectivity index (χ4v) is 5.64. The number of carbonyl (C=O) groups is 1. The topological polar surface area (TPSA) is 89.2 Å². The maximum Gasteiger partial charge on any atom is 0.319 e. The standard InChI is InChI=1S/C28H33N7O/c1-33(2)23-9-7-20(8-10-23)26-15-27(34(3)32-26)25-18-35-12-11-21(25)14-24(35)17-30-28(36)31-22-6-4-5-19(13-22)16-29/h4-10,13,15,21,24-25H,11-12,14,17-18H2,1-3H3,(H2,30,31,36). The summed E-state index contributed by atoms with van der Waals surface area (Å²) in [4.78, 5) is 17.1. The lowest BCUT2D eigenvalue weighted by Crippen LogP contribution is -2.56. The van der Waals surface area contributed by atoms with E-state index in [4.69, 9.17) is 10.4 Å². The van der Waals surface area contributed by atoms with Crippen molar-refractivity contribution in [2.75, 3.05) is 43.9 Å². The van der Waals surface area contributed by atoms with Crippen molar-refractivity contribution in [1.29, 1.82) is 5.26 Å². The number of urea groups is 1. The van der Waals surface area contributed by atoms with Crippen molar-refractivity contribution >= 4 is 17.4 Å². The van der Waals surface area contributed by atoms with Gasteiger partial charge in [0.25, 0.3) is 0 Å². The van der Waals surface area contributed by atoms with Crippen molar-refractivity contribution < 1.29 is 4.79 Å². The number of amides is 2. The van der Waals surface area contributed by atoms with E-state index in [9.17, 15) is 4.79 Å². The minimum Gasteiger partial charge on any atom is -0.378 e. The molecule has 3 saturated heterocycles. The Bertz CT molecular complexity index is 1270. The Morgan fingerprint density at radius 1 is 1.19 bits per heavy atom. The Hall–Kier alpha value is -3.83. The maximum atomic E-state index is 12.4. The van der Waals surface area contributed by atoms with Crippen molar-refractivity contribution in [2.24, 2.45) is 13.0 Å². The third-order valence-electron chi connectivity index (χ3n) is 7.60. The number of hydrogen-bond donors (Lipinski definition) is 2. The Labute approximate surface area is 212 Å². The van der Waals surface area contributed by atoms with Crippen LogP contribution >= 0.6 is 0 Å². The molecule has 4 atom stereocenters. The summed E-state index contributed by atoms with van der Waals surface area (Å²) in [6.45, 7) is 2.67. The molecule has 3 aliphatic rings. The molecule has 3 aliphatic heterocycles. The molecule has 4 unspecified atom stereocenters. The summed E-state index contributed by atoms with van der Waals surface area (Å²) in [5, 5.41) is 19.8. The molecule has 8 nitrogen and oxygen atoms in total. The summed E-state index contributed by atoms with van der Waals surface area (Å²) in [5.41, 5.74) is 5.77. The molecule has 8 heteroatoms. The van der Waals surface area contributed by atoms with Crippen LogP contribution in [0.2, 0.25) is 0 Å². The highest BCUT2D eigenvalue weighted by Gasteiger charge is 2.41. The molecule has 2 aromatic carbocycles. The number of nitriles is 1. The minimum atomic E-state index is -0.235. The molecule has 2 N–H and O–H groups in total. The molecule has 6 rings (SSSR count). The predicted molar refractivity (Wildman–Crippen MR) is 142 cm³/mol. The molecule has 1 aromatic heterocycles. The number of nitrogens with zero attached hydrogens (tertiary/aromatic N) is 5. The van der Waals surface area contributed by atoms with E-state index < -0.39 is 0 Å². The second kappa shape index (κ2) is 10.0. The van der Waals surface area contributed by atoms with Gasteiger partial charge in [0.05, 0.1) is 17.3 Å². The van der Waals surface area contributed by atoms with Crippen LogP contribution in [-0.2, 0) is 7.05 Å². The number of anilines is 2. The normalized spacial score (nSPS) is 22.6. The first-order chi connectivity index (χ1) is 17.4. The van der Waals surface area contributed by atoms with Crippen LogP contribution in [0.4, 0.5) is 16.2 Å². The maximum absolute atomic E-state index is 12.4. The number of aromatic nitrogens is 2. The van der Waals surface area contributed by atoms with E-state index in [1.165, 1.54) is 17.8 Å². The van der Waals surface area contributed by atoms with Crippen molar-refractivity contribution in [2.45, 2.75) is 24.8 Å². The van der Waals surface area contributed by atoms with Crippen LogP contribution < -0.4 is 15.5 Å². The molecule has 186 valence electrons. The fraction of sp³-hybridized carbons (Fsp3) is 0.393. The molecule has 0 aliphatic carbocycles. The van der Waals surface area contributed by atoms with Crippen LogP contribution in [0, 0.1) is 17.2 Å². The van der Waals surface area contributed by atoms with E-state index in [2.05, 4.69) is 68.6 Å². The number of nitrogens with one attached hydrogen (secondary N) is 2. The van der Waals surface area contributed by atoms with Crippen molar-refractivity contribution in [3.05, 3.63) is 65.9 Å². The van der Waals surface area contributed by atoms with Gasteiger partial charge < -0.3 is 15.5 Å². The second-order valence-electron chi connectivity index (χ2n) is 10.1. The summed E-state index contributed by atoms with van der Waals surface area (Å²) in [6, 6.07) is 19.9. The highest BCUT2D eigenvalue weighted by atomic mass is 16.2. The van der Waals surface area contributed by atoms with E-state index in [1.807, 2.05) is 14.1 Å². The van der Waals surface area contributed by atoms with Crippen LogP contribution in [0.15, 0.2) is 54.6 Å². The third kappa shape index (κ3) is 4.93. The van der Waals surface area contributed by atoms with Crippen LogP contribution in [0.5, 0.6) is 0 Å². The lowest BCUT2D eigenvalue weighted by molar-refractivity contribution is 0.0296. The molecular weight excluding hydrogens is 450 g/mol. The molecule has 2 amide bonds. The number of rotatable bonds is 6. The van der Waals surface area contributed by atoms with Crippen LogP contribution in [-0.4, -0.2) is 60.5 Å². The number of fused-ring (bicyclic) bond motifs is 3. The van der Waals surface area contributed by atoms with E-state index in [-0.39, 0.29) is 6.03 Å². The van der Waals surface area contributed by atoms with Gasteiger partial charge in [-0.25, -0.2) is 4.79 Å². The number of carbonyl (C=O) groups excluding carboxylic acids is 1. The second-order valence-corrected chi connectivity index (χ2v) is 10.1. The first kappa shape index (κ1) is 23.9. The van der Waals surface area contributed by atoms with E-state index in [0.29, 0.717) is 35.7 Å². The number of hydrogen-bond acceptors (Lipinski definition) is 5. The zero-order chi connectivity index (χ0) is 25.2. The van der Waals surface area contributed by atoms with Gasteiger partial charge >= 0.3 is 6.03 Å². The summed E-state index contributed by atoms with van der Waals surface area (Å²) in [5.74, 6) is 1.03. The summed E-state index contributed by atoms with van der Waals surface area (Å²) in [6.07, 6.45) is 2.24. The lowest BCUT2D eigenvalue weighted by atomic mass is 9.74. The van der Waals surface area contributed by atoms with Gasteiger partial charge in [0.1, 0.15) is 0 Å². The Morgan fingerprint density at radius 2 is 2.00 bits per heavy atom. The van der Waals surface area contributed by atoms with Crippen LogP contribution in [0.1, 0.15) is 30.0 Å². The van der Waals surface area contributed by atoms with Gasteiger partial charge in [0.2, 0.25) is 0 Å². The average molecular weight is 484 g/mol. The van der Waals surface area contributed by atoms with Gasteiger partial charge in [-0.15, -0.1) is 0 Å². The molecular formula is C28H33N7O. The molecule has 2 bridgehead atoms. The van der Waals surface area contributed by atoms with Crippen LogP contribution in [0.3, 0.4) is 0 Å². The Kier molecular flexibility index (Phi) is 6.66. The van der Waals surface area contributed by atoms with E-state index in [1.54, 1.807) is 24.3 Å². The summed E-state index contributed by atoms with van der Waals surface area (Å²) >= 11 is 0. The summed E-state index contributed by atoms with van der Waals surface area (Å²) < 4.78 is 2.05. The average Bonchev–Trinajstić information content (AvgIpc) is 3.29. The highest BCUT2D eigenvalue weighted by Crippen LogP contribution is 2.42. The predicted octanol–water partition coefficient (Wildman–Crippen LogP) is 4.02. The number of benzene rings is 2. The van der Waals surface area contributed by atoms with Gasteiger partial charge in [-0.3, -0.25) is 9.58 Å². The summed E-state index contributed by atoms with van der Waals surface area (Å²) in [7, 11) is 6.14. The number of piperidine rings is 3. The first-order valence-electron chi connectivity index (χ1n) is 12.5. The van der Waals surface area contributed by atoms with Crippen molar-refractivity contribution in [3.8, 4) is 17.3 Å². The lowest BCUT2D eigenvalue weighted by Gasteiger charge is -2.49. The van der Waals surface area contributed by atoms with Gasteiger partial charge in [0, 0.05) is 68.8 Å². The van der Waals surface area contributed by atoms with Gasteiger partial charge in [0.15, 0.2) is 0 Å².